The number of aliphatic carboxylic acids is 1. The van der Waals surface area contributed by atoms with Crippen molar-refractivity contribution in [1.82, 2.24) is 4.90 Å². The molecule has 1 saturated carbocycles. The monoisotopic (exact) mass is 329 g/mol. The predicted octanol–water partition coefficient (Wildman–Crippen LogP) is 3.67. The van der Waals surface area contributed by atoms with E-state index in [9.17, 15) is 9.59 Å². The van der Waals surface area contributed by atoms with E-state index in [1.807, 2.05) is 11.0 Å². The Morgan fingerprint density at radius 1 is 0.875 bits per heavy atom. The Balaban J connectivity index is 1.54. The first kappa shape index (κ1) is 17.0. The summed E-state index contributed by atoms with van der Waals surface area (Å²) >= 11 is 0. The Morgan fingerprint density at radius 2 is 1.54 bits per heavy atom. The van der Waals surface area contributed by atoms with Crippen molar-refractivity contribution in [2.24, 2.45) is 11.8 Å². The van der Waals surface area contributed by atoms with Crippen LogP contribution in [0.4, 0.5) is 0 Å². The Labute approximate surface area is 143 Å². The third-order valence-electron chi connectivity index (χ3n) is 5.74. The normalized spacial score (nSPS) is 28.2. The quantitative estimate of drug-likeness (QED) is 0.920. The SMILES string of the molecule is O=C(O)C1CCC(C(=O)N2CCCC(c3ccccc3)CC2)CC1. The van der Waals surface area contributed by atoms with Gasteiger partial charge < -0.3 is 10.0 Å². The van der Waals surface area contributed by atoms with Gasteiger partial charge in [0.25, 0.3) is 0 Å². The van der Waals surface area contributed by atoms with Crippen LogP contribution in [0.2, 0.25) is 0 Å². The molecule has 130 valence electrons. The number of nitrogens with zero attached hydrogens (tertiary/aromatic N) is 1. The molecule has 24 heavy (non-hydrogen) atoms. The van der Waals surface area contributed by atoms with E-state index in [4.69, 9.17) is 5.11 Å². The molecule has 1 aromatic rings. The second-order valence-electron chi connectivity index (χ2n) is 7.25. The molecule has 1 heterocycles. The largest absolute Gasteiger partial charge is 0.481 e. The lowest BCUT2D eigenvalue weighted by Crippen LogP contribution is -2.39. The summed E-state index contributed by atoms with van der Waals surface area (Å²) in [4.78, 5) is 25.9. The third kappa shape index (κ3) is 3.97. The van der Waals surface area contributed by atoms with Crippen molar-refractivity contribution < 1.29 is 14.7 Å². The molecule has 2 aliphatic rings. The van der Waals surface area contributed by atoms with E-state index >= 15 is 0 Å². The topological polar surface area (TPSA) is 57.6 Å². The smallest absolute Gasteiger partial charge is 0.306 e. The van der Waals surface area contributed by atoms with Crippen LogP contribution in [0.25, 0.3) is 0 Å². The first-order valence-corrected chi connectivity index (χ1v) is 9.21. The molecule has 1 aliphatic heterocycles. The van der Waals surface area contributed by atoms with Crippen LogP contribution in [0.5, 0.6) is 0 Å². The van der Waals surface area contributed by atoms with E-state index in [0.717, 1.165) is 45.2 Å². The van der Waals surface area contributed by atoms with E-state index in [2.05, 4.69) is 24.3 Å². The molecule has 1 N–H and O–H groups in total. The molecular formula is C20H27NO3. The second kappa shape index (κ2) is 7.82. The van der Waals surface area contributed by atoms with E-state index < -0.39 is 5.97 Å². The van der Waals surface area contributed by atoms with Gasteiger partial charge >= 0.3 is 5.97 Å². The zero-order valence-electron chi connectivity index (χ0n) is 14.2. The Bertz CT molecular complexity index is 564. The number of rotatable bonds is 3. The fourth-order valence-electron chi connectivity index (χ4n) is 4.22. The van der Waals surface area contributed by atoms with Crippen LogP contribution in [0.1, 0.15) is 56.4 Å². The summed E-state index contributed by atoms with van der Waals surface area (Å²) in [6, 6.07) is 10.6. The molecule has 0 aromatic heterocycles. The number of hydrogen-bond acceptors (Lipinski definition) is 2. The van der Waals surface area contributed by atoms with Gasteiger partial charge in [0.15, 0.2) is 0 Å². The van der Waals surface area contributed by atoms with Gasteiger partial charge in [0.1, 0.15) is 0 Å². The van der Waals surface area contributed by atoms with Crippen molar-refractivity contribution in [2.75, 3.05) is 13.1 Å². The summed E-state index contributed by atoms with van der Waals surface area (Å²) in [6.45, 7) is 1.68. The van der Waals surface area contributed by atoms with Gasteiger partial charge in [0.05, 0.1) is 5.92 Å². The molecule has 1 unspecified atom stereocenters. The lowest BCUT2D eigenvalue weighted by molar-refractivity contribution is -0.145. The number of hydrogen-bond donors (Lipinski definition) is 1. The van der Waals surface area contributed by atoms with Crippen LogP contribution >= 0.6 is 0 Å². The number of carbonyl (C=O) groups is 2. The van der Waals surface area contributed by atoms with Gasteiger partial charge in [-0.1, -0.05) is 30.3 Å². The minimum atomic E-state index is -0.707. The van der Waals surface area contributed by atoms with Crippen LogP contribution in [0.3, 0.4) is 0 Å². The zero-order valence-corrected chi connectivity index (χ0v) is 14.2. The Hall–Kier alpha value is -1.84. The van der Waals surface area contributed by atoms with Crippen molar-refractivity contribution >= 4 is 11.9 Å². The van der Waals surface area contributed by atoms with Crippen LogP contribution in [-0.2, 0) is 9.59 Å². The average Bonchev–Trinajstić information content (AvgIpc) is 2.88. The molecule has 3 rings (SSSR count). The highest BCUT2D eigenvalue weighted by Gasteiger charge is 2.32. The van der Waals surface area contributed by atoms with Crippen molar-refractivity contribution in [1.29, 1.82) is 0 Å². The van der Waals surface area contributed by atoms with Crippen molar-refractivity contribution in [3.8, 4) is 0 Å². The minimum Gasteiger partial charge on any atom is -0.481 e. The number of carbonyl (C=O) groups excluding carboxylic acids is 1. The van der Waals surface area contributed by atoms with Gasteiger partial charge in [-0.3, -0.25) is 9.59 Å². The zero-order chi connectivity index (χ0) is 16.9. The second-order valence-corrected chi connectivity index (χ2v) is 7.25. The molecule has 1 aliphatic carbocycles. The number of carboxylic acid groups (broad SMARTS) is 1. The molecular weight excluding hydrogens is 302 g/mol. The van der Waals surface area contributed by atoms with Gasteiger partial charge in [-0.2, -0.15) is 0 Å². The molecule has 0 spiro atoms. The standard InChI is InChI=1S/C20H27NO3/c22-19(17-8-10-18(11-9-17)20(23)24)21-13-4-7-16(12-14-21)15-5-2-1-3-6-15/h1-3,5-6,16-18H,4,7-14H2,(H,23,24). The molecule has 1 atom stereocenters. The molecule has 0 radical (unpaired) electrons. The Morgan fingerprint density at radius 3 is 2.21 bits per heavy atom. The summed E-state index contributed by atoms with van der Waals surface area (Å²) in [6.07, 6.45) is 5.97. The van der Waals surface area contributed by atoms with Crippen LogP contribution < -0.4 is 0 Å². The van der Waals surface area contributed by atoms with E-state index in [-0.39, 0.29) is 17.7 Å². The van der Waals surface area contributed by atoms with E-state index in [1.54, 1.807) is 0 Å². The molecule has 0 bridgehead atoms. The highest BCUT2D eigenvalue weighted by Crippen LogP contribution is 2.32. The van der Waals surface area contributed by atoms with Gasteiger partial charge in [-0.25, -0.2) is 0 Å². The van der Waals surface area contributed by atoms with Crippen LogP contribution in [0, 0.1) is 11.8 Å². The molecule has 1 saturated heterocycles. The number of carboxylic acids is 1. The third-order valence-corrected chi connectivity index (χ3v) is 5.74. The summed E-state index contributed by atoms with van der Waals surface area (Å²) in [7, 11) is 0. The minimum absolute atomic E-state index is 0.0360. The molecule has 1 amide bonds. The summed E-state index contributed by atoms with van der Waals surface area (Å²) in [5.41, 5.74) is 1.38. The Kier molecular flexibility index (Phi) is 5.54. The average molecular weight is 329 g/mol. The number of benzene rings is 1. The lowest BCUT2D eigenvalue weighted by atomic mass is 9.81. The molecule has 1 aromatic carbocycles. The van der Waals surface area contributed by atoms with Crippen molar-refractivity contribution in [3.63, 3.8) is 0 Å². The highest BCUT2D eigenvalue weighted by atomic mass is 16.4. The van der Waals surface area contributed by atoms with E-state index in [0.29, 0.717) is 18.8 Å². The highest BCUT2D eigenvalue weighted by molar-refractivity contribution is 5.79. The summed E-state index contributed by atoms with van der Waals surface area (Å²) in [5, 5.41) is 9.09. The maximum absolute atomic E-state index is 12.8. The van der Waals surface area contributed by atoms with Gasteiger partial charge in [-0.15, -0.1) is 0 Å². The first-order valence-electron chi connectivity index (χ1n) is 9.21. The van der Waals surface area contributed by atoms with Crippen LogP contribution in [0.15, 0.2) is 30.3 Å². The first-order chi connectivity index (χ1) is 11.6. The maximum atomic E-state index is 12.8. The molecule has 2 fully saturated rings. The lowest BCUT2D eigenvalue weighted by Gasteiger charge is -2.30. The number of amides is 1. The van der Waals surface area contributed by atoms with Crippen molar-refractivity contribution in [3.05, 3.63) is 35.9 Å². The summed E-state index contributed by atoms with van der Waals surface area (Å²) in [5.74, 6) is -0.116. The van der Waals surface area contributed by atoms with Gasteiger partial charge in [-0.05, 0) is 56.4 Å². The molecule has 4 heteroatoms. The fraction of sp³-hybridized carbons (Fsp3) is 0.600. The van der Waals surface area contributed by atoms with Crippen LogP contribution in [-0.4, -0.2) is 35.0 Å². The van der Waals surface area contributed by atoms with E-state index in [1.165, 1.54) is 5.56 Å². The number of likely N-dealkylation sites (tertiary alicyclic amines) is 1. The van der Waals surface area contributed by atoms with Crippen molar-refractivity contribution in [2.45, 2.75) is 50.9 Å². The maximum Gasteiger partial charge on any atom is 0.306 e. The predicted molar refractivity (Wildman–Crippen MR) is 92.7 cm³/mol. The fourth-order valence-corrected chi connectivity index (χ4v) is 4.22. The summed E-state index contributed by atoms with van der Waals surface area (Å²) < 4.78 is 0. The molecule has 4 nitrogen and oxygen atoms in total. The van der Waals surface area contributed by atoms with Gasteiger partial charge in [0.2, 0.25) is 5.91 Å². The van der Waals surface area contributed by atoms with Gasteiger partial charge in [0, 0.05) is 19.0 Å².